The number of methoxy groups -OCH3 is 1. The summed E-state index contributed by atoms with van der Waals surface area (Å²) >= 11 is 0. The van der Waals surface area contributed by atoms with Gasteiger partial charge in [-0.2, -0.15) is 0 Å². The Morgan fingerprint density at radius 1 is 1.15 bits per heavy atom. The van der Waals surface area contributed by atoms with Crippen molar-refractivity contribution in [3.05, 3.63) is 65.5 Å². The minimum absolute atomic E-state index is 0.0379. The number of carbonyl (C=O) groups is 2. The number of ether oxygens (including phenoxy) is 1. The van der Waals surface area contributed by atoms with Gasteiger partial charge >= 0.3 is 0 Å². The summed E-state index contributed by atoms with van der Waals surface area (Å²) in [7, 11) is 1.59. The monoisotopic (exact) mass is 367 g/mol. The first-order valence-electron chi connectivity index (χ1n) is 9.11. The van der Waals surface area contributed by atoms with Crippen molar-refractivity contribution in [2.45, 2.75) is 25.9 Å². The van der Waals surface area contributed by atoms with E-state index in [2.05, 4.69) is 4.98 Å². The van der Waals surface area contributed by atoms with Gasteiger partial charge in [-0.05, 0) is 24.1 Å². The van der Waals surface area contributed by atoms with Crippen molar-refractivity contribution >= 4 is 11.8 Å². The molecule has 1 saturated heterocycles. The average Bonchev–Trinajstić information content (AvgIpc) is 2.68. The Kier molecular flexibility index (Phi) is 6.19. The largest absolute Gasteiger partial charge is 0.383 e. The molecule has 3 rings (SSSR count). The van der Waals surface area contributed by atoms with Crippen LogP contribution in [0.3, 0.4) is 0 Å². The van der Waals surface area contributed by atoms with Gasteiger partial charge in [-0.15, -0.1) is 0 Å². The standard InChI is InChI=1S/C21H25N3O3/c1-16-7-6-10-22-18(16)14-24-19(13-17-8-4-3-5-9-17)21(26)23(11-12-27-2)15-20(24)25/h3-10,19H,11-15H2,1-2H3/t19-/m1/s1. The third-order valence-corrected chi connectivity index (χ3v) is 4.89. The van der Waals surface area contributed by atoms with Gasteiger partial charge in [0.1, 0.15) is 6.04 Å². The maximum Gasteiger partial charge on any atom is 0.246 e. The molecule has 0 aliphatic carbocycles. The van der Waals surface area contributed by atoms with Gasteiger partial charge in [-0.25, -0.2) is 0 Å². The SMILES string of the molecule is COCCN1CC(=O)N(Cc2ncccc2C)[C@H](Cc2ccccc2)C1=O. The van der Waals surface area contributed by atoms with Gasteiger partial charge in [0.25, 0.3) is 0 Å². The number of aromatic nitrogens is 1. The molecule has 1 aliphatic rings. The normalized spacial score (nSPS) is 17.5. The zero-order valence-electron chi connectivity index (χ0n) is 15.8. The second-order valence-electron chi connectivity index (χ2n) is 6.75. The average molecular weight is 367 g/mol. The van der Waals surface area contributed by atoms with Crippen molar-refractivity contribution < 1.29 is 14.3 Å². The quantitative estimate of drug-likeness (QED) is 0.749. The summed E-state index contributed by atoms with van der Waals surface area (Å²) in [4.78, 5) is 33.7. The van der Waals surface area contributed by atoms with Gasteiger partial charge in [0, 0.05) is 26.3 Å². The number of nitrogens with zero attached hydrogens (tertiary/aromatic N) is 3. The molecule has 1 aromatic heterocycles. The number of piperazine rings is 1. The topological polar surface area (TPSA) is 62.7 Å². The molecule has 1 atom stereocenters. The van der Waals surface area contributed by atoms with E-state index in [1.165, 1.54) is 0 Å². The van der Waals surface area contributed by atoms with Crippen molar-refractivity contribution in [2.24, 2.45) is 0 Å². The predicted octanol–water partition coefficient (Wildman–Crippen LogP) is 1.82. The van der Waals surface area contributed by atoms with Crippen molar-refractivity contribution in [1.82, 2.24) is 14.8 Å². The Morgan fingerprint density at radius 3 is 2.63 bits per heavy atom. The van der Waals surface area contributed by atoms with Gasteiger partial charge in [0.15, 0.2) is 0 Å². The van der Waals surface area contributed by atoms with Gasteiger partial charge < -0.3 is 14.5 Å². The number of aryl methyl sites for hydroxylation is 1. The Labute approximate surface area is 159 Å². The zero-order chi connectivity index (χ0) is 19.2. The van der Waals surface area contributed by atoms with E-state index < -0.39 is 6.04 Å². The highest BCUT2D eigenvalue weighted by Crippen LogP contribution is 2.20. The molecule has 0 radical (unpaired) electrons. The molecule has 2 aromatic rings. The Balaban J connectivity index is 1.87. The molecule has 1 aliphatic heterocycles. The molecule has 142 valence electrons. The molecular weight excluding hydrogens is 342 g/mol. The molecule has 2 heterocycles. The molecule has 6 heteroatoms. The van der Waals surface area contributed by atoms with Gasteiger partial charge in [0.2, 0.25) is 11.8 Å². The summed E-state index contributed by atoms with van der Waals surface area (Å²) in [6, 6.07) is 13.1. The van der Waals surface area contributed by atoms with Crippen molar-refractivity contribution in [2.75, 3.05) is 26.8 Å². The second-order valence-corrected chi connectivity index (χ2v) is 6.75. The summed E-state index contributed by atoms with van der Waals surface area (Å²) in [6.45, 7) is 3.22. The van der Waals surface area contributed by atoms with Crippen LogP contribution in [-0.4, -0.2) is 59.4 Å². The summed E-state index contributed by atoms with van der Waals surface area (Å²) in [5.41, 5.74) is 2.86. The molecular formula is C21H25N3O3. The fourth-order valence-electron chi connectivity index (χ4n) is 3.32. The summed E-state index contributed by atoms with van der Waals surface area (Å²) in [6.07, 6.45) is 2.20. The minimum Gasteiger partial charge on any atom is -0.383 e. The number of hydrogen-bond donors (Lipinski definition) is 0. The number of amides is 2. The van der Waals surface area contributed by atoms with Crippen LogP contribution in [0.15, 0.2) is 48.7 Å². The third kappa shape index (κ3) is 4.52. The summed E-state index contributed by atoms with van der Waals surface area (Å²) < 4.78 is 5.09. The number of carbonyl (C=O) groups excluding carboxylic acids is 2. The molecule has 0 saturated carbocycles. The first kappa shape index (κ1) is 19.0. The lowest BCUT2D eigenvalue weighted by molar-refractivity contribution is -0.157. The van der Waals surface area contributed by atoms with Crippen LogP contribution in [0.4, 0.5) is 0 Å². The fraction of sp³-hybridized carbons (Fsp3) is 0.381. The van der Waals surface area contributed by atoms with Crippen molar-refractivity contribution in [1.29, 1.82) is 0 Å². The first-order valence-corrected chi connectivity index (χ1v) is 9.11. The maximum absolute atomic E-state index is 13.1. The molecule has 1 fully saturated rings. The smallest absolute Gasteiger partial charge is 0.246 e. The molecule has 0 bridgehead atoms. The first-order chi connectivity index (χ1) is 13.1. The highest BCUT2D eigenvalue weighted by molar-refractivity contribution is 5.95. The van der Waals surface area contributed by atoms with Crippen LogP contribution < -0.4 is 0 Å². The van der Waals surface area contributed by atoms with E-state index in [4.69, 9.17) is 4.74 Å². The van der Waals surface area contributed by atoms with E-state index in [1.807, 2.05) is 49.4 Å². The molecule has 27 heavy (non-hydrogen) atoms. The minimum atomic E-state index is -0.535. The van der Waals surface area contributed by atoms with E-state index in [0.717, 1.165) is 16.8 Å². The molecule has 2 amide bonds. The van der Waals surface area contributed by atoms with Crippen LogP contribution >= 0.6 is 0 Å². The van der Waals surface area contributed by atoms with Crippen LogP contribution in [-0.2, 0) is 27.3 Å². The van der Waals surface area contributed by atoms with Gasteiger partial charge in [-0.3, -0.25) is 14.6 Å². The Morgan fingerprint density at radius 2 is 1.93 bits per heavy atom. The lowest BCUT2D eigenvalue weighted by Gasteiger charge is -2.40. The highest BCUT2D eigenvalue weighted by atomic mass is 16.5. The van der Waals surface area contributed by atoms with E-state index in [0.29, 0.717) is 26.1 Å². The highest BCUT2D eigenvalue weighted by Gasteiger charge is 2.39. The predicted molar refractivity (Wildman–Crippen MR) is 102 cm³/mol. The summed E-state index contributed by atoms with van der Waals surface area (Å²) in [5, 5.41) is 0. The van der Waals surface area contributed by atoms with Crippen LogP contribution in [0.1, 0.15) is 16.8 Å². The van der Waals surface area contributed by atoms with Gasteiger partial charge in [-0.1, -0.05) is 36.4 Å². The summed E-state index contributed by atoms with van der Waals surface area (Å²) in [5.74, 6) is -0.0965. The number of pyridine rings is 1. The van der Waals surface area contributed by atoms with Gasteiger partial charge in [0.05, 0.1) is 25.4 Å². The number of benzene rings is 1. The third-order valence-electron chi connectivity index (χ3n) is 4.89. The molecule has 0 spiro atoms. The van der Waals surface area contributed by atoms with Crippen molar-refractivity contribution in [3.8, 4) is 0 Å². The lowest BCUT2D eigenvalue weighted by Crippen LogP contribution is -2.60. The van der Waals surface area contributed by atoms with Crippen LogP contribution in [0, 0.1) is 6.92 Å². The number of rotatable bonds is 7. The zero-order valence-corrected chi connectivity index (χ0v) is 15.8. The van der Waals surface area contributed by atoms with Crippen LogP contribution in [0.25, 0.3) is 0 Å². The van der Waals surface area contributed by atoms with Crippen LogP contribution in [0.5, 0.6) is 0 Å². The molecule has 0 N–H and O–H groups in total. The van der Waals surface area contributed by atoms with Crippen molar-refractivity contribution in [3.63, 3.8) is 0 Å². The lowest BCUT2D eigenvalue weighted by atomic mass is 10.00. The fourth-order valence-corrected chi connectivity index (χ4v) is 3.32. The van der Waals surface area contributed by atoms with E-state index in [9.17, 15) is 9.59 Å². The Hall–Kier alpha value is -2.73. The second kappa shape index (κ2) is 8.77. The van der Waals surface area contributed by atoms with E-state index >= 15 is 0 Å². The number of hydrogen-bond acceptors (Lipinski definition) is 4. The van der Waals surface area contributed by atoms with Crippen LogP contribution in [0.2, 0.25) is 0 Å². The molecule has 1 aromatic carbocycles. The molecule has 0 unspecified atom stereocenters. The van der Waals surface area contributed by atoms with E-state index in [1.54, 1.807) is 23.1 Å². The molecule has 6 nitrogen and oxygen atoms in total. The Bertz CT molecular complexity index is 794. The maximum atomic E-state index is 13.1. The van der Waals surface area contributed by atoms with E-state index in [-0.39, 0.29) is 18.4 Å².